The van der Waals surface area contributed by atoms with Gasteiger partial charge in [0, 0.05) is 12.5 Å². The average Bonchev–Trinajstić information content (AvgIpc) is 2.91. The van der Waals surface area contributed by atoms with E-state index in [-0.39, 0.29) is 0 Å². The Hall–Kier alpha value is -1.54. The van der Waals surface area contributed by atoms with Gasteiger partial charge in [-0.05, 0) is 44.1 Å². The minimum atomic E-state index is 0.480. The van der Waals surface area contributed by atoms with E-state index in [9.17, 15) is 0 Å². The summed E-state index contributed by atoms with van der Waals surface area (Å²) in [5.74, 6) is 2.59. The number of rotatable bonds is 7. The fourth-order valence-corrected chi connectivity index (χ4v) is 2.43. The highest BCUT2D eigenvalue weighted by molar-refractivity contribution is 5.14. The van der Waals surface area contributed by atoms with Crippen LogP contribution in [0.2, 0.25) is 0 Å². The first-order valence-electron chi connectivity index (χ1n) is 7.51. The lowest BCUT2D eigenvalue weighted by Crippen LogP contribution is -2.25. The molecular formula is C18H25NO. The van der Waals surface area contributed by atoms with Crippen LogP contribution in [0.5, 0.6) is 0 Å². The molecule has 1 aromatic heterocycles. The van der Waals surface area contributed by atoms with Crippen molar-refractivity contribution in [2.75, 3.05) is 13.1 Å². The molecule has 1 unspecified atom stereocenters. The Morgan fingerprint density at radius 2 is 1.85 bits per heavy atom. The second-order valence-corrected chi connectivity index (χ2v) is 5.49. The number of nitrogens with zero attached hydrogens (tertiary/aromatic N) is 1. The Morgan fingerprint density at radius 3 is 2.45 bits per heavy atom. The lowest BCUT2D eigenvalue weighted by molar-refractivity contribution is 0.264. The van der Waals surface area contributed by atoms with Crippen molar-refractivity contribution in [3.8, 4) is 0 Å². The standard InChI is InChI=1S/C18H25NO/c1-4-19(14-17-8-6-5-7-9-17)13-12-15(2)18-11-10-16(3)20-18/h5-11,15H,4,12-14H2,1-3H3. The van der Waals surface area contributed by atoms with E-state index in [4.69, 9.17) is 4.42 Å². The molecule has 0 radical (unpaired) electrons. The summed E-state index contributed by atoms with van der Waals surface area (Å²) in [5.41, 5.74) is 1.39. The number of hydrogen-bond donors (Lipinski definition) is 0. The summed E-state index contributed by atoms with van der Waals surface area (Å²) in [6.07, 6.45) is 1.13. The predicted molar refractivity (Wildman–Crippen MR) is 83.9 cm³/mol. The highest BCUT2D eigenvalue weighted by atomic mass is 16.3. The fraction of sp³-hybridized carbons (Fsp3) is 0.444. The van der Waals surface area contributed by atoms with Crippen LogP contribution in [0.1, 0.15) is 43.3 Å². The van der Waals surface area contributed by atoms with Gasteiger partial charge in [-0.15, -0.1) is 0 Å². The third-order valence-electron chi connectivity index (χ3n) is 3.82. The van der Waals surface area contributed by atoms with Gasteiger partial charge in [0.25, 0.3) is 0 Å². The van der Waals surface area contributed by atoms with E-state index in [0.29, 0.717) is 5.92 Å². The van der Waals surface area contributed by atoms with Gasteiger partial charge < -0.3 is 4.42 Å². The van der Waals surface area contributed by atoms with Crippen molar-refractivity contribution in [3.05, 3.63) is 59.5 Å². The summed E-state index contributed by atoms with van der Waals surface area (Å²) < 4.78 is 5.71. The molecular weight excluding hydrogens is 246 g/mol. The van der Waals surface area contributed by atoms with Crippen LogP contribution in [0.4, 0.5) is 0 Å². The van der Waals surface area contributed by atoms with E-state index < -0.39 is 0 Å². The van der Waals surface area contributed by atoms with Crippen LogP contribution < -0.4 is 0 Å². The van der Waals surface area contributed by atoms with E-state index in [0.717, 1.165) is 37.6 Å². The monoisotopic (exact) mass is 271 g/mol. The number of hydrogen-bond acceptors (Lipinski definition) is 2. The summed E-state index contributed by atoms with van der Waals surface area (Å²) in [4.78, 5) is 2.49. The molecule has 0 bridgehead atoms. The molecule has 0 N–H and O–H groups in total. The zero-order valence-corrected chi connectivity index (χ0v) is 12.8. The Bertz CT molecular complexity index is 503. The van der Waals surface area contributed by atoms with Crippen molar-refractivity contribution in [1.82, 2.24) is 4.90 Å². The summed E-state index contributed by atoms with van der Waals surface area (Å²) in [6, 6.07) is 14.8. The summed E-state index contributed by atoms with van der Waals surface area (Å²) in [6.45, 7) is 9.69. The van der Waals surface area contributed by atoms with E-state index in [1.54, 1.807) is 0 Å². The van der Waals surface area contributed by atoms with Gasteiger partial charge >= 0.3 is 0 Å². The minimum absolute atomic E-state index is 0.480. The highest BCUT2D eigenvalue weighted by Gasteiger charge is 2.12. The van der Waals surface area contributed by atoms with Crippen LogP contribution in [-0.4, -0.2) is 18.0 Å². The largest absolute Gasteiger partial charge is 0.466 e. The van der Waals surface area contributed by atoms with Crippen molar-refractivity contribution in [1.29, 1.82) is 0 Å². The molecule has 1 heterocycles. The van der Waals surface area contributed by atoms with Gasteiger partial charge in [0.1, 0.15) is 11.5 Å². The number of furan rings is 1. The third-order valence-corrected chi connectivity index (χ3v) is 3.82. The van der Waals surface area contributed by atoms with Gasteiger partial charge in [0.15, 0.2) is 0 Å². The fourth-order valence-electron chi connectivity index (χ4n) is 2.43. The molecule has 0 amide bonds. The van der Waals surface area contributed by atoms with E-state index in [1.165, 1.54) is 5.56 Å². The van der Waals surface area contributed by atoms with Crippen LogP contribution in [0.25, 0.3) is 0 Å². The second kappa shape index (κ2) is 7.30. The van der Waals surface area contributed by atoms with Gasteiger partial charge in [-0.3, -0.25) is 4.90 Å². The molecule has 0 saturated carbocycles. The molecule has 2 heteroatoms. The Kier molecular flexibility index (Phi) is 5.42. The zero-order valence-electron chi connectivity index (χ0n) is 12.8. The molecule has 1 atom stereocenters. The van der Waals surface area contributed by atoms with Gasteiger partial charge in [0.05, 0.1) is 0 Å². The second-order valence-electron chi connectivity index (χ2n) is 5.49. The molecule has 0 fully saturated rings. The summed E-state index contributed by atoms with van der Waals surface area (Å²) >= 11 is 0. The quantitative estimate of drug-likeness (QED) is 0.731. The van der Waals surface area contributed by atoms with Crippen LogP contribution in [0.3, 0.4) is 0 Å². The van der Waals surface area contributed by atoms with E-state index in [2.05, 4.69) is 55.1 Å². The van der Waals surface area contributed by atoms with Gasteiger partial charge in [-0.1, -0.05) is 44.2 Å². The molecule has 20 heavy (non-hydrogen) atoms. The van der Waals surface area contributed by atoms with Gasteiger partial charge in [0.2, 0.25) is 0 Å². The van der Waals surface area contributed by atoms with E-state index >= 15 is 0 Å². The minimum Gasteiger partial charge on any atom is -0.466 e. The maximum absolute atomic E-state index is 5.71. The van der Waals surface area contributed by atoms with Crippen LogP contribution in [0, 0.1) is 6.92 Å². The molecule has 0 aliphatic carbocycles. The summed E-state index contributed by atoms with van der Waals surface area (Å²) in [7, 11) is 0. The molecule has 0 aliphatic rings. The molecule has 0 saturated heterocycles. The Labute approximate surface area is 122 Å². The Balaban J connectivity index is 1.84. The zero-order chi connectivity index (χ0) is 14.4. The average molecular weight is 271 g/mol. The predicted octanol–water partition coefficient (Wildman–Crippen LogP) is 4.60. The molecule has 2 aromatic rings. The molecule has 1 aromatic carbocycles. The maximum Gasteiger partial charge on any atom is 0.107 e. The molecule has 2 nitrogen and oxygen atoms in total. The van der Waals surface area contributed by atoms with Crippen molar-refractivity contribution < 1.29 is 4.42 Å². The third kappa shape index (κ3) is 4.24. The van der Waals surface area contributed by atoms with Crippen LogP contribution >= 0.6 is 0 Å². The smallest absolute Gasteiger partial charge is 0.107 e. The Morgan fingerprint density at radius 1 is 1.10 bits per heavy atom. The molecule has 0 spiro atoms. The van der Waals surface area contributed by atoms with Crippen LogP contribution in [-0.2, 0) is 6.54 Å². The first-order valence-corrected chi connectivity index (χ1v) is 7.51. The first kappa shape index (κ1) is 14.9. The van der Waals surface area contributed by atoms with Crippen molar-refractivity contribution >= 4 is 0 Å². The van der Waals surface area contributed by atoms with Gasteiger partial charge in [-0.25, -0.2) is 0 Å². The molecule has 108 valence electrons. The number of aryl methyl sites for hydroxylation is 1. The maximum atomic E-state index is 5.71. The van der Waals surface area contributed by atoms with Crippen LogP contribution in [0.15, 0.2) is 46.9 Å². The first-order chi connectivity index (χ1) is 9.69. The topological polar surface area (TPSA) is 16.4 Å². The van der Waals surface area contributed by atoms with Crippen molar-refractivity contribution in [2.45, 2.75) is 39.7 Å². The van der Waals surface area contributed by atoms with E-state index in [1.807, 2.05) is 13.0 Å². The lowest BCUT2D eigenvalue weighted by atomic mass is 10.0. The molecule has 0 aliphatic heterocycles. The molecule has 2 rings (SSSR count). The SMILES string of the molecule is CCN(CCC(C)c1ccc(C)o1)Cc1ccccc1. The van der Waals surface area contributed by atoms with Gasteiger partial charge in [-0.2, -0.15) is 0 Å². The number of benzene rings is 1. The highest BCUT2D eigenvalue weighted by Crippen LogP contribution is 2.21. The summed E-state index contributed by atoms with van der Waals surface area (Å²) in [5, 5.41) is 0. The lowest BCUT2D eigenvalue weighted by Gasteiger charge is -2.22. The normalized spacial score (nSPS) is 12.8. The van der Waals surface area contributed by atoms with Crippen molar-refractivity contribution in [3.63, 3.8) is 0 Å². The van der Waals surface area contributed by atoms with Crippen molar-refractivity contribution in [2.24, 2.45) is 0 Å².